The van der Waals surface area contributed by atoms with Gasteiger partial charge >= 0.3 is 5.97 Å². The van der Waals surface area contributed by atoms with Crippen molar-refractivity contribution < 1.29 is 49.3 Å². The summed E-state index contributed by atoms with van der Waals surface area (Å²) in [5.41, 5.74) is 0. The Hall–Kier alpha value is -2.90. The standard InChI is InChI=1S/C71H127NO10/c1-4-7-10-13-16-19-22-25-27-28-29-30-31-32-33-34-35-36-37-39-40-43-46-49-52-55-58-64(75)70(79)72-62(63(74)57-54-51-48-45-42-24-21-18-15-12-9-6-3)61-80-71-69(68(78)67(77)65(60-73)81-71)82-66(76)59-56-53-50-47-44-41-38-26-23-20-17-14-11-8-5-2/h8,11,14,16-17,19-20,23,25,27,54,57,62-65,67-69,71,73-75,77-78H,4-7,9-10,12-13,15,18,21-22,24,26,28-53,55-56,58-61H2,1-3H3,(H,72,79)/b11-8+,17-14+,19-16-,23-20+,27-25-,57-54+. The molecule has 0 bridgehead atoms. The molecule has 11 heteroatoms. The van der Waals surface area contributed by atoms with Gasteiger partial charge in [-0.1, -0.05) is 293 Å². The van der Waals surface area contributed by atoms with Crippen molar-refractivity contribution in [3.05, 3.63) is 72.9 Å². The third kappa shape index (κ3) is 45.5. The SMILES string of the molecule is CC/C=C/C=C/C=C/CCCCCCCCCC(=O)OC1C(OCC(NC(=O)C(O)CCCCCCCCCCCCCCCCCC/C=C\C/C=C\CCCCC)C(O)/C=C/CCCCCCCCCCCC)OC(CO)C(O)C1O. The molecule has 0 aromatic rings. The summed E-state index contributed by atoms with van der Waals surface area (Å²) in [6.45, 7) is 5.65. The van der Waals surface area contributed by atoms with E-state index in [1.54, 1.807) is 6.08 Å². The molecule has 1 aliphatic rings. The van der Waals surface area contributed by atoms with Crippen molar-refractivity contribution in [1.82, 2.24) is 5.32 Å². The number of allylic oxidation sites excluding steroid dienone is 11. The quantitative estimate of drug-likeness (QED) is 0.0149. The Balaban J connectivity index is 2.56. The number of amides is 1. The second kappa shape index (κ2) is 58.5. The van der Waals surface area contributed by atoms with Crippen molar-refractivity contribution in [3.63, 3.8) is 0 Å². The van der Waals surface area contributed by atoms with Gasteiger partial charge in [0.05, 0.1) is 25.4 Å². The van der Waals surface area contributed by atoms with Crippen molar-refractivity contribution in [2.45, 2.75) is 352 Å². The average molecular weight is 1150 g/mol. The van der Waals surface area contributed by atoms with E-state index in [4.69, 9.17) is 14.2 Å². The number of carbonyl (C=O) groups is 2. The Kier molecular flexibility index (Phi) is 55.0. The van der Waals surface area contributed by atoms with Gasteiger partial charge in [-0.05, 0) is 77.0 Å². The molecule has 1 amide bonds. The maximum Gasteiger partial charge on any atom is 0.306 e. The normalized spacial score (nSPS) is 19.0. The molecule has 0 radical (unpaired) electrons. The van der Waals surface area contributed by atoms with E-state index in [9.17, 15) is 35.1 Å². The summed E-state index contributed by atoms with van der Waals surface area (Å²) in [6.07, 6.45) is 65.2. The summed E-state index contributed by atoms with van der Waals surface area (Å²) in [6, 6.07) is -1.03. The van der Waals surface area contributed by atoms with Crippen molar-refractivity contribution >= 4 is 11.9 Å². The average Bonchev–Trinajstić information content (AvgIpc) is 3.44. The van der Waals surface area contributed by atoms with Gasteiger partial charge in [-0.3, -0.25) is 9.59 Å². The molecule has 8 unspecified atom stereocenters. The van der Waals surface area contributed by atoms with Crippen molar-refractivity contribution in [2.24, 2.45) is 0 Å². The molecule has 0 spiro atoms. The van der Waals surface area contributed by atoms with Crippen LogP contribution in [0.25, 0.3) is 0 Å². The van der Waals surface area contributed by atoms with Crippen molar-refractivity contribution in [1.29, 1.82) is 0 Å². The Bertz CT molecular complexity index is 1610. The molecule has 0 aromatic heterocycles. The largest absolute Gasteiger partial charge is 0.454 e. The predicted octanol–water partition coefficient (Wildman–Crippen LogP) is 17.1. The Morgan fingerprint density at radius 2 is 0.927 bits per heavy atom. The van der Waals surface area contributed by atoms with E-state index in [2.05, 4.69) is 80.8 Å². The predicted molar refractivity (Wildman–Crippen MR) is 343 cm³/mol. The van der Waals surface area contributed by atoms with E-state index < -0.39 is 67.4 Å². The molecule has 476 valence electrons. The monoisotopic (exact) mass is 1150 g/mol. The van der Waals surface area contributed by atoms with E-state index in [0.29, 0.717) is 19.3 Å². The van der Waals surface area contributed by atoms with E-state index in [0.717, 1.165) is 96.3 Å². The lowest BCUT2D eigenvalue weighted by Gasteiger charge is -2.41. The molecule has 0 aromatic carbocycles. The molecule has 1 fully saturated rings. The van der Waals surface area contributed by atoms with Crippen LogP contribution in [-0.4, -0.2) is 99.6 Å². The smallest absolute Gasteiger partial charge is 0.306 e. The third-order valence-electron chi connectivity index (χ3n) is 15.9. The highest BCUT2D eigenvalue weighted by Crippen LogP contribution is 2.26. The zero-order valence-electron chi connectivity index (χ0n) is 52.9. The second-order valence-electron chi connectivity index (χ2n) is 23.6. The zero-order chi connectivity index (χ0) is 59.6. The van der Waals surface area contributed by atoms with Crippen molar-refractivity contribution in [2.75, 3.05) is 13.2 Å². The van der Waals surface area contributed by atoms with Crippen LogP contribution in [0.15, 0.2) is 72.9 Å². The molecule has 11 nitrogen and oxygen atoms in total. The van der Waals surface area contributed by atoms with E-state index in [1.165, 1.54) is 161 Å². The minimum absolute atomic E-state index is 0.109. The number of nitrogens with one attached hydrogen (secondary N) is 1. The first-order chi connectivity index (χ1) is 40.2. The fourth-order valence-corrected chi connectivity index (χ4v) is 10.5. The third-order valence-corrected chi connectivity index (χ3v) is 15.9. The van der Waals surface area contributed by atoms with Crippen LogP contribution >= 0.6 is 0 Å². The maximum atomic E-state index is 13.5. The van der Waals surface area contributed by atoms with Crippen LogP contribution in [0.5, 0.6) is 0 Å². The number of hydrogen-bond acceptors (Lipinski definition) is 10. The van der Waals surface area contributed by atoms with Gasteiger partial charge in [0.25, 0.3) is 0 Å². The minimum atomic E-state index is -1.62. The minimum Gasteiger partial charge on any atom is -0.454 e. The zero-order valence-corrected chi connectivity index (χ0v) is 52.9. The summed E-state index contributed by atoms with van der Waals surface area (Å²) >= 11 is 0. The Morgan fingerprint density at radius 3 is 1.43 bits per heavy atom. The number of aliphatic hydroxyl groups is 5. The summed E-state index contributed by atoms with van der Waals surface area (Å²) in [5.74, 6) is -1.20. The lowest BCUT2D eigenvalue weighted by Crippen LogP contribution is -2.61. The number of rotatable bonds is 58. The van der Waals surface area contributed by atoms with Gasteiger partial charge in [0.1, 0.15) is 24.4 Å². The summed E-state index contributed by atoms with van der Waals surface area (Å²) in [5, 5.41) is 57.1. The molecule has 1 heterocycles. The van der Waals surface area contributed by atoms with Crippen molar-refractivity contribution in [3.8, 4) is 0 Å². The number of ether oxygens (including phenoxy) is 3. The molecule has 1 aliphatic heterocycles. The summed E-state index contributed by atoms with van der Waals surface area (Å²) in [7, 11) is 0. The Morgan fingerprint density at radius 1 is 0.500 bits per heavy atom. The molecule has 82 heavy (non-hydrogen) atoms. The fourth-order valence-electron chi connectivity index (χ4n) is 10.5. The van der Waals surface area contributed by atoms with Crippen LogP contribution in [0.2, 0.25) is 0 Å². The molecule has 6 N–H and O–H groups in total. The molecule has 8 atom stereocenters. The number of unbranched alkanes of at least 4 members (excludes halogenated alkanes) is 36. The highest BCUT2D eigenvalue weighted by Gasteiger charge is 2.47. The lowest BCUT2D eigenvalue weighted by atomic mass is 9.99. The van der Waals surface area contributed by atoms with Gasteiger partial charge in [0.2, 0.25) is 5.91 Å². The van der Waals surface area contributed by atoms with Crippen LogP contribution in [0.4, 0.5) is 0 Å². The highest BCUT2D eigenvalue weighted by atomic mass is 16.7. The number of aliphatic hydroxyl groups excluding tert-OH is 5. The van der Waals surface area contributed by atoms with Gasteiger partial charge in [0, 0.05) is 6.42 Å². The summed E-state index contributed by atoms with van der Waals surface area (Å²) < 4.78 is 17.6. The van der Waals surface area contributed by atoms with Gasteiger partial charge < -0.3 is 45.1 Å². The second-order valence-corrected chi connectivity index (χ2v) is 23.6. The Labute approximate surface area is 502 Å². The number of hydrogen-bond donors (Lipinski definition) is 6. The highest BCUT2D eigenvalue weighted by molar-refractivity contribution is 5.80. The topological polar surface area (TPSA) is 175 Å². The van der Waals surface area contributed by atoms with Crippen LogP contribution in [0, 0.1) is 0 Å². The van der Waals surface area contributed by atoms with Gasteiger partial charge in [0.15, 0.2) is 12.4 Å². The van der Waals surface area contributed by atoms with Gasteiger partial charge in [-0.15, -0.1) is 0 Å². The van der Waals surface area contributed by atoms with E-state index in [1.807, 2.05) is 12.2 Å². The van der Waals surface area contributed by atoms with Gasteiger partial charge in [-0.2, -0.15) is 0 Å². The lowest BCUT2D eigenvalue weighted by molar-refractivity contribution is -0.305. The van der Waals surface area contributed by atoms with Crippen LogP contribution in [0.1, 0.15) is 303 Å². The fraction of sp³-hybridized carbons (Fsp3) is 0.803. The van der Waals surface area contributed by atoms with E-state index >= 15 is 0 Å². The van der Waals surface area contributed by atoms with E-state index in [-0.39, 0.29) is 13.0 Å². The molecule has 0 saturated carbocycles. The van der Waals surface area contributed by atoms with Crippen LogP contribution in [0.3, 0.4) is 0 Å². The molecule has 1 saturated heterocycles. The molecule has 1 rings (SSSR count). The molecular weight excluding hydrogens is 1030 g/mol. The first-order valence-corrected chi connectivity index (χ1v) is 34.2. The number of carbonyl (C=O) groups excluding carboxylic acids is 2. The van der Waals surface area contributed by atoms with Crippen LogP contribution < -0.4 is 5.32 Å². The van der Waals surface area contributed by atoms with Crippen LogP contribution in [-0.2, 0) is 23.8 Å². The first kappa shape index (κ1) is 77.1. The molecule has 0 aliphatic carbocycles. The summed E-state index contributed by atoms with van der Waals surface area (Å²) in [4.78, 5) is 26.6. The molecular formula is C71H127NO10. The van der Waals surface area contributed by atoms with Gasteiger partial charge in [-0.25, -0.2) is 0 Å². The maximum absolute atomic E-state index is 13.5. The first-order valence-electron chi connectivity index (χ1n) is 34.2. The number of esters is 1.